The molecule has 1 aromatic rings. The maximum Gasteiger partial charge on any atom is 0.227 e. The molecule has 1 fully saturated rings. The zero-order valence-corrected chi connectivity index (χ0v) is 11.3. The van der Waals surface area contributed by atoms with Gasteiger partial charge in [-0.25, -0.2) is 0 Å². The highest BCUT2D eigenvalue weighted by molar-refractivity contribution is 5.79. The third kappa shape index (κ3) is 3.10. The number of amides is 1. The van der Waals surface area contributed by atoms with Crippen LogP contribution in [0.25, 0.3) is 0 Å². The molecule has 1 aliphatic heterocycles. The lowest BCUT2D eigenvalue weighted by molar-refractivity contribution is -0.129. The van der Waals surface area contributed by atoms with Crippen LogP contribution in [0.3, 0.4) is 0 Å². The second-order valence-corrected chi connectivity index (χ2v) is 5.16. The second kappa shape index (κ2) is 6.01. The molecule has 0 aliphatic carbocycles. The first-order valence-electron chi connectivity index (χ1n) is 6.67. The van der Waals surface area contributed by atoms with Crippen LogP contribution >= 0.6 is 0 Å². The Labute approximate surface area is 109 Å². The van der Waals surface area contributed by atoms with E-state index in [1.165, 1.54) is 5.56 Å². The normalized spacial score (nSPS) is 19.2. The van der Waals surface area contributed by atoms with Crippen LogP contribution in [-0.2, 0) is 11.2 Å². The molecular weight excluding hydrogens is 224 g/mol. The minimum absolute atomic E-state index is 0.267. The zero-order chi connectivity index (χ0) is 13.0. The van der Waals surface area contributed by atoms with Crippen molar-refractivity contribution in [3.63, 3.8) is 0 Å². The molecule has 1 saturated heterocycles. The fourth-order valence-electron chi connectivity index (χ4n) is 2.60. The van der Waals surface area contributed by atoms with E-state index in [1.807, 2.05) is 30.1 Å². The van der Waals surface area contributed by atoms with Crippen LogP contribution in [0.2, 0.25) is 0 Å². The molecule has 18 heavy (non-hydrogen) atoms. The quantitative estimate of drug-likeness (QED) is 0.875. The Kier molecular flexibility index (Phi) is 4.37. The predicted octanol–water partition coefficient (Wildman–Crippen LogP) is 1.61. The Balaban J connectivity index is 1.91. The molecule has 98 valence electrons. The molecule has 3 heteroatoms. The highest BCUT2D eigenvalue weighted by Gasteiger charge is 2.25. The molecule has 1 atom stereocenters. The summed E-state index contributed by atoms with van der Waals surface area (Å²) < 4.78 is 0. The monoisotopic (exact) mass is 246 g/mol. The molecule has 0 radical (unpaired) electrons. The van der Waals surface area contributed by atoms with Gasteiger partial charge >= 0.3 is 0 Å². The van der Waals surface area contributed by atoms with Crippen molar-refractivity contribution >= 4 is 5.91 Å². The SMILES string of the molecule is CNCC1CCN(C(=O)Cc2ccccc2C)C1. The van der Waals surface area contributed by atoms with Gasteiger partial charge < -0.3 is 10.2 Å². The average molecular weight is 246 g/mol. The molecule has 2 rings (SSSR count). The summed E-state index contributed by atoms with van der Waals surface area (Å²) >= 11 is 0. The van der Waals surface area contributed by atoms with Gasteiger partial charge in [-0.15, -0.1) is 0 Å². The first kappa shape index (κ1) is 13.1. The Morgan fingerprint density at radius 2 is 2.22 bits per heavy atom. The summed E-state index contributed by atoms with van der Waals surface area (Å²) in [5.41, 5.74) is 2.36. The number of nitrogens with one attached hydrogen (secondary N) is 1. The van der Waals surface area contributed by atoms with Crippen LogP contribution < -0.4 is 5.32 Å². The number of carbonyl (C=O) groups excluding carboxylic acids is 1. The van der Waals surface area contributed by atoms with Gasteiger partial charge in [0.15, 0.2) is 0 Å². The molecule has 1 unspecified atom stereocenters. The van der Waals surface area contributed by atoms with Crippen molar-refractivity contribution in [3.8, 4) is 0 Å². The Hall–Kier alpha value is -1.35. The van der Waals surface area contributed by atoms with Crippen molar-refractivity contribution in [2.45, 2.75) is 19.8 Å². The molecule has 3 nitrogen and oxygen atoms in total. The summed E-state index contributed by atoms with van der Waals surface area (Å²) in [6.07, 6.45) is 1.67. The Morgan fingerprint density at radius 3 is 2.94 bits per heavy atom. The van der Waals surface area contributed by atoms with Crippen LogP contribution in [0.15, 0.2) is 24.3 Å². The van der Waals surface area contributed by atoms with Gasteiger partial charge in [0.05, 0.1) is 6.42 Å². The van der Waals surface area contributed by atoms with E-state index in [1.54, 1.807) is 0 Å². The molecule has 0 aromatic heterocycles. The Bertz CT molecular complexity index is 417. The molecule has 0 saturated carbocycles. The highest BCUT2D eigenvalue weighted by atomic mass is 16.2. The summed E-state index contributed by atoms with van der Waals surface area (Å²) in [7, 11) is 1.97. The number of benzene rings is 1. The summed E-state index contributed by atoms with van der Waals surface area (Å²) in [6, 6.07) is 8.14. The number of nitrogens with zero attached hydrogens (tertiary/aromatic N) is 1. The maximum atomic E-state index is 12.2. The summed E-state index contributed by atoms with van der Waals surface area (Å²) in [5, 5.41) is 3.19. The summed E-state index contributed by atoms with van der Waals surface area (Å²) in [4.78, 5) is 14.2. The maximum absolute atomic E-state index is 12.2. The van der Waals surface area contributed by atoms with E-state index >= 15 is 0 Å². The van der Waals surface area contributed by atoms with Crippen LogP contribution in [-0.4, -0.2) is 37.5 Å². The third-order valence-corrected chi connectivity index (χ3v) is 3.73. The van der Waals surface area contributed by atoms with Crippen LogP contribution in [0, 0.1) is 12.8 Å². The third-order valence-electron chi connectivity index (χ3n) is 3.73. The zero-order valence-electron chi connectivity index (χ0n) is 11.3. The van der Waals surface area contributed by atoms with E-state index < -0.39 is 0 Å². The molecule has 0 spiro atoms. The number of aryl methyl sites for hydroxylation is 1. The van der Waals surface area contributed by atoms with Crippen molar-refractivity contribution in [2.24, 2.45) is 5.92 Å². The highest BCUT2D eigenvalue weighted by Crippen LogP contribution is 2.17. The molecule has 1 aliphatic rings. The van der Waals surface area contributed by atoms with Crippen molar-refractivity contribution in [1.82, 2.24) is 10.2 Å². The number of hydrogen-bond donors (Lipinski definition) is 1. The number of likely N-dealkylation sites (tertiary alicyclic amines) is 1. The molecule has 1 amide bonds. The van der Waals surface area contributed by atoms with Crippen molar-refractivity contribution < 1.29 is 4.79 Å². The van der Waals surface area contributed by atoms with Crippen molar-refractivity contribution in [3.05, 3.63) is 35.4 Å². The molecule has 0 bridgehead atoms. The van der Waals surface area contributed by atoms with E-state index in [9.17, 15) is 4.79 Å². The van der Waals surface area contributed by atoms with Crippen LogP contribution in [0.5, 0.6) is 0 Å². The van der Waals surface area contributed by atoms with E-state index in [-0.39, 0.29) is 5.91 Å². The average Bonchev–Trinajstić information content (AvgIpc) is 2.81. The van der Waals surface area contributed by atoms with Crippen LogP contribution in [0.4, 0.5) is 0 Å². The van der Waals surface area contributed by atoms with Gasteiger partial charge in [-0.3, -0.25) is 4.79 Å². The van der Waals surface area contributed by atoms with Crippen molar-refractivity contribution in [1.29, 1.82) is 0 Å². The first-order chi connectivity index (χ1) is 8.70. The van der Waals surface area contributed by atoms with Gasteiger partial charge in [0.1, 0.15) is 0 Å². The lowest BCUT2D eigenvalue weighted by Crippen LogP contribution is -2.31. The standard InChI is InChI=1S/C15H22N2O/c1-12-5-3-4-6-14(12)9-15(18)17-8-7-13(11-17)10-16-2/h3-6,13,16H,7-11H2,1-2H3. The van der Waals surface area contributed by atoms with Gasteiger partial charge in [-0.2, -0.15) is 0 Å². The largest absolute Gasteiger partial charge is 0.342 e. The summed E-state index contributed by atoms with van der Waals surface area (Å²) in [5.74, 6) is 0.888. The fourth-order valence-corrected chi connectivity index (χ4v) is 2.60. The minimum atomic E-state index is 0.267. The number of carbonyl (C=O) groups is 1. The van der Waals surface area contributed by atoms with E-state index in [0.29, 0.717) is 12.3 Å². The van der Waals surface area contributed by atoms with Crippen LogP contribution in [0.1, 0.15) is 17.5 Å². The van der Waals surface area contributed by atoms with Gasteiger partial charge in [0, 0.05) is 13.1 Å². The van der Waals surface area contributed by atoms with Gasteiger partial charge in [-0.05, 0) is 44.0 Å². The predicted molar refractivity (Wildman–Crippen MR) is 73.5 cm³/mol. The second-order valence-electron chi connectivity index (χ2n) is 5.16. The minimum Gasteiger partial charge on any atom is -0.342 e. The fraction of sp³-hybridized carbons (Fsp3) is 0.533. The van der Waals surface area contributed by atoms with Gasteiger partial charge in [0.25, 0.3) is 0 Å². The molecular formula is C15H22N2O. The topological polar surface area (TPSA) is 32.3 Å². The molecule has 1 heterocycles. The van der Waals surface area contributed by atoms with E-state index in [4.69, 9.17) is 0 Å². The first-order valence-corrected chi connectivity index (χ1v) is 6.67. The van der Waals surface area contributed by atoms with Crippen molar-refractivity contribution in [2.75, 3.05) is 26.7 Å². The lowest BCUT2D eigenvalue weighted by Gasteiger charge is -2.17. The Morgan fingerprint density at radius 1 is 1.44 bits per heavy atom. The van der Waals surface area contributed by atoms with Gasteiger partial charge in [0.2, 0.25) is 5.91 Å². The van der Waals surface area contributed by atoms with E-state index in [2.05, 4.69) is 18.3 Å². The van der Waals surface area contributed by atoms with E-state index in [0.717, 1.165) is 31.6 Å². The van der Waals surface area contributed by atoms with Gasteiger partial charge in [-0.1, -0.05) is 24.3 Å². The smallest absolute Gasteiger partial charge is 0.227 e. The molecule has 1 N–H and O–H groups in total. The molecule has 1 aromatic carbocycles. The summed E-state index contributed by atoms with van der Waals surface area (Å²) in [6.45, 7) is 4.90. The number of rotatable bonds is 4. The lowest BCUT2D eigenvalue weighted by atomic mass is 10.1. The number of hydrogen-bond acceptors (Lipinski definition) is 2.